The summed E-state index contributed by atoms with van der Waals surface area (Å²) >= 11 is 3.03. The minimum Gasteiger partial charge on any atom is -0.494 e. The van der Waals surface area contributed by atoms with Crippen LogP contribution in [0.4, 0.5) is 0 Å². The zero-order chi connectivity index (χ0) is 9.30. The van der Waals surface area contributed by atoms with Crippen molar-refractivity contribution in [2.75, 3.05) is 7.11 Å². The van der Waals surface area contributed by atoms with Gasteiger partial charge in [0.15, 0.2) is 5.75 Å². The Hall–Kier alpha value is -0.570. The summed E-state index contributed by atoms with van der Waals surface area (Å²) in [6, 6.07) is -0.348. The van der Waals surface area contributed by atoms with E-state index in [1.165, 1.54) is 7.11 Å². The highest BCUT2D eigenvalue weighted by atomic mass is 79.9. The Bertz CT molecular complexity index is 318. The van der Waals surface area contributed by atoms with Crippen LogP contribution in [0.25, 0.3) is 0 Å². The van der Waals surface area contributed by atoms with E-state index in [0.29, 0.717) is 0 Å². The molecule has 9 heavy (non-hydrogen) atoms. The predicted molar refractivity (Wildman–Crippen MR) is 38.5 cm³/mol. The average Bonchev–Trinajstić information content (AvgIpc) is 2.01. The fourth-order valence-corrected chi connectivity index (χ4v) is 0.749. The third-order valence-corrected chi connectivity index (χ3v) is 1.31. The summed E-state index contributed by atoms with van der Waals surface area (Å²) in [5, 5.41) is 0. The zero-order valence-corrected chi connectivity index (χ0v) is 6.32. The van der Waals surface area contributed by atoms with Crippen molar-refractivity contribution in [1.29, 1.82) is 0 Å². The van der Waals surface area contributed by atoms with Gasteiger partial charge in [0.1, 0.15) is 4.60 Å². The molecule has 0 spiro atoms. The normalized spacial score (nSPS) is 13.8. The molecule has 1 rings (SSSR count). The molecular weight excluding hydrogens is 182 g/mol. The molecule has 1 heterocycles. The number of rotatable bonds is 1. The molecule has 0 unspecified atom stereocenters. The van der Waals surface area contributed by atoms with Gasteiger partial charge in [-0.3, -0.25) is 0 Å². The number of ether oxygens (including phenoxy) is 1. The number of pyridine rings is 1. The molecule has 0 aromatic carbocycles. The zero-order valence-electron chi connectivity index (χ0n) is 7.73. The maximum atomic E-state index is 7.37. The van der Waals surface area contributed by atoms with Crippen LogP contribution in [0.1, 0.15) is 4.11 Å². The molecule has 0 saturated carbocycles. The van der Waals surface area contributed by atoms with Crippen molar-refractivity contribution in [2.24, 2.45) is 0 Å². The number of halogens is 1. The maximum absolute atomic E-state index is 7.37. The molecule has 0 aliphatic carbocycles. The van der Waals surface area contributed by atoms with Crippen molar-refractivity contribution in [3.63, 3.8) is 0 Å². The Balaban J connectivity index is 3.40. The molecule has 3 heteroatoms. The Morgan fingerprint density at radius 2 is 2.67 bits per heavy atom. The van der Waals surface area contributed by atoms with E-state index in [9.17, 15) is 0 Å². The van der Waals surface area contributed by atoms with E-state index in [1.807, 2.05) is 0 Å². The summed E-state index contributed by atoms with van der Waals surface area (Å²) in [6.45, 7) is 0. The molecule has 0 bridgehead atoms. The molecular formula is C6H6BrNO. The molecule has 0 N–H and O–H groups in total. The number of hydrogen-bond donors (Lipinski definition) is 0. The van der Waals surface area contributed by atoms with Crippen LogP contribution in [0.2, 0.25) is 0 Å². The van der Waals surface area contributed by atoms with Crippen molar-refractivity contribution in [3.05, 3.63) is 22.9 Å². The van der Waals surface area contributed by atoms with Gasteiger partial charge in [0, 0.05) is 6.17 Å². The third kappa shape index (κ3) is 1.42. The van der Waals surface area contributed by atoms with Crippen molar-refractivity contribution < 1.29 is 8.85 Å². The summed E-state index contributed by atoms with van der Waals surface area (Å²) in [5.41, 5.74) is 0. The Morgan fingerprint density at radius 1 is 1.89 bits per heavy atom. The third-order valence-electron chi connectivity index (χ3n) is 0.777. The van der Waals surface area contributed by atoms with Gasteiger partial charge in [0.05, 0.1) is 11.2 Å². The van der Waals surface area contributed by atoms with E-state index in [-0.39, 0.29) is 28.6 Å². The SMILES string of the molecule is [2H]c1nc(Br)c(OC)c([2H])c1[2H]. The molecule has 1 aromatic rings. The van der Waals surface area contributed by atoms with Crippen LogP contribution >= 0.6 is 15.9 Å². The van der Waals surface area contributed by atoms with E-state index < -0.39 is 0 Å². The van der Waals surface area contributed by atoms with E-state index in [2.05, 4.69) is 20.9 Å². The topological polar surface area (TPSA) is 22.1 Å². The number of nitrogens with zero attached hydrogens (tertiary/aromatic N) is 1. The van der Waals surface area contributed by atoms with E-state index in [1.54, 1.807) is 0 Å². The van der Waals surface area contributed by atoms with Gasteiger partial charge in [-0.2, -0.15) is 0 Å². The predicted octanol–water partition coefficient (Wildman–Crippen LogP) is 1.85. The largest absolute Gasteiger partial charge is 0.494 e. The molecule has 48 valence electrons. The minimum absolute atomic E-state index is 0.121. The number of methoxy groups -OCH3 is 1. The van der Waals surface area contributed by atoms with Crippen molar-refractivity contribution in [3.8, 4) is 5.75 Å². The van der Waals surface area contributed by atoms with Crippen LogP contribution in [0, 0.1) is 0 Å². The van der Waals surface area contributed by atoms with Gasteiger partial charge in [0.25, 0.3) is 0 Å². The second-order valence-electron chi connectivity index (χ2n) is 1.30. The summed E-state index contributed by atoms with van der Waals surface area (Å²) in [7, 11) is 1.39. The van der Waals surface area contributed by atoms with E-state index in [4.69, 9.17) is 8.85 Å². The van der Waals surface area contributed by atoms with Crippen LogP contribution in [0.15, 0.2) is 22.9 Å². The van der Waals surface area contributed by atoms with Gasteiger partial charge in [-0.15, -0.1) is 0 Å². The van der Waals surface area contributed by atoms with Crippen LogP contribution in [0.5, 0.6) is 5.75 Å². The fourth-order valence-electron chi connectivity index (χ4n) is 0.399. The molecule has 1 aromatic heterocycles. The molecule has 2 nitrogen and oxygen atoms in total. The fraction of sp³-hybridized carbons (Fsp3) is 0.167. The second kappa shape index (κ2) is 2.82. The smallest absolute Gasteiger partial charge is 0.151 e. The monoisotopic (exact) mass is 190 g/mol. The first-order valence-electron chi connectivity index (χ1n) is 3.75. The molecule has 0 amide bonds. The molecule has 0 aliphatic heterocycles. The Morgan fingerprint density at radius 3 is 3.33 bits per heavy atom. The van der Waals surface area contributed by atoms with Crippen molar-refractivity contribution in [2.45, 2.75) is 0 Å². The minimum atomic E-state index is -0.229. The molecule has 0 atom stereocenters. The van der Waals surface area contributed by atoms with Gasteiger partial charge < -0.3 is 4.74 Å². The van der Waals surface area contributed by atoms with E-state index >= 15 is 0 Å². The summed E-state index contributed by atoms with van der Waals surface area (Å²) in [6.07, 6.45) is -0.229. The van der Waals surface area contributed by atoms with Crippen molar-refractivity contribution >= 4 is 15.9 Å². The standard InChI is InChI=1S/C6H6BrNO/c1-9-5-3-2-4-8-6(5)7/h2-4H,1H3/i2D,3D,4D. The second-order valence-corrected chi connectivity index (χ2v) is 2.05. The van der Waals surface area contributed by atoms with E-state index in [0.717, 1.165) is 0 Å². The maximum Gasteiger partial charge on any atom is 0.151 e. The van der Waals surface area contributed by atoms with Crippen LogP contribution in [0.3, 0.4) is 0 Å². The average molecular weight is 191 g/mol. The molecule has 0 aliphatic rings. The molecule has 0 radical (unpaired) electrons. The lowest BCUT2D eigenvalue weighted by Crippen LogP contribution is -1.84. The highest BCUT2D eigenvalue weighted by molar-refractivity contribution is 9.10. The van der Waals surface area contributed by atoms with Gasteiger partial charge in [0.2, 0.25) is 0 Å². The first kappa shape index (κ1) is 3.56. The Kier molecular flexibility index (Phi) is 1.12. The van der Waals surface area contributed by atoms with Crippen LogP contribution in [-0.4, -0.2) is 12.1 Å². The number of hydrogen-bond acceptors (Lipinski definition) is 2. The summed E-state index contributed by atoms with van der Waals surface area (Å²) < 4.78 is 26.9. The first-order valence-corrected chi connectivity index (χ1v) is 3.04. The lowest BCUT2D eigenvalue weighted by Gasteiger charge is -1.98. The van der Waals surface area contributed by atoms with Gasteiger partial charge in [-0.1, -0.05) is 0 Å². The summed E-state index contributed by atoms with van der Waals surface area (Å²) in [4.78, 5) is 3.66. The van der Waals surface area contributed by atoms with Gasteiger partial charge >= 0.3 is 0 Å². The van der Waals surface area contributed by atoms with Crippen LogP contribution < -0.4 is 4.74 Å². The highest BCUT2D eigenvalue weighted by Gasteiger charge is 1.94. The van der Waals surface area contributed by atoms with Gasteiger partial charge in [-0.25, -0.2) is 4.98 Å². The molecule has 0 saturated heterocycles. The highest BCUT2D eigenvalue weighted by Crippen LogP contribution is 2.19. The van der Waals surface area contributed by atoms with Crippen LogP contribution in [-0.2, 0) is 0 Å². The summed E-state index contributed by atoms with van der Waals surface area (Å²) in [5.74, 6) is 0.191. The van der Waals surface area contributed by atoms with Gasteiger partial charge in [-0.05, 0) is 28.0 Å². The quantitative estimate of drug-likeness (QED) is 0.632. The first-order chi connectivity index (χ1) is 5.57. The molecule has 0 fully saturated rings. The lowest BCUT2D eigenvalue weighted by atomic mass is 10.5. The van der Waals surface area contributed by atoms with Crippen molar-refractivity contribution in [1.82, 2.24) is 4.98 Å². The number of aromatic nitrogens is 1. The lowest BCUT2D eigenvalue weighted by molar-refractivity contribution is 0.410. The Labute approximate surface area is 66.2 Å².